The first-order valence-corrected chi connectivity index (χ1v) is 12.3. The van der Waals surface area contributed by atoms with Gasteiger partial charge < -0.3 is 9.47 Å². The second-order valence-electron chi connectivity index (χ2n) is 9.58. The molecule has 0 bridgehead atoms. The average Bonchev–Trinajstić information content (AvgIpc) is 3.12. The van der Waals surface area contributed by atoms with Gasteiger partial charge in [0.25, 0.3) is 5.56 Å². The first kappa shape index (κ1) is 25.3. The molecule has 4 rings (SSSR count). The molecular weight excluding hydrogens is 476 g/mol. The van der Waals surface area contributed by atoms with Gasteiger partial charge in [-0.2, -0.15) is 0 Å². The Hall–Kier alpha value is -3.78. The number of rotatable bonds is 4. The molecule has 0 unspecified atom stereocenters. The summed E-state index contributed by atoms with van der Waals surface area (Å²) >= 11 is 1.22. The minimum atomic E-state index is -0.686. The molecule has 0 aliphatic carbocycles. The summed E-state index contributed by atoms with van der Waals surface area (Å²) in [6, 6.07) is 14.2. The molecule has 3 aromatic rings. The normalized spacial score (nSPS) is 15.8. The molecule has 7 nitrogen and oxygen atoms in total. The number of fused-ring (bicyclic) bond motifs is 1. The van der Waals surface area contributed by atoms with Crippen LogP contribution in [0.1, 0.15) is 57.4 Å². The zero-order valence-electron chi connectivity index (χ0n) is 21.1. The summed E-state index contributed by atoms with van der Waals surface area (Å²) in [6.07, 6.45) is 1.68. The van der Waals surface area contributed by atoms with Crippen LogP contribution in [0.5, 0.6) is 5.75 Å². The molecule has 186 valence electrons. The summed E-state index contributed by atoms with van der Waals surface area (Å²) in [5.41, 5.74) is 2.99. The molecule has 36 heavy (non-hydrogen) atoms. The van der Waals surface area contributed by atoms with Gasteiger partial charge >= 0.3 is 11.9 Å². The maximum Gasteiger partial charge on any atom is 0.338 e. The lowest BCUT2D eigenvalue weighted by Gasteiger charge is -2.25. The summed E-state index contributed by atoms with van der Waals surface area (Å²) in [5, 5.41) is 0. The molecule has 0 radical (unpaired) electrons. The van der Waals surface area contributed by atoms with E-state index >= 15 is 0 Å². The topological polar surface area (TPSA) is 87.0 Å². The zero-order valence-corrected chi connectivity index (χ0v) is 21.9. The molecule has 1 aliphatic heterocycles. The van der Waals surface area contributed by atoms with Crippen LogP contribution in [-0.4, -0.2) is 23.6 Å². The number of hydrogen-bond donors (Lipinski definition) is 0. The van der Waals surface area contributed by atoms with Crippen LogP contribution in [0.3, 0.4) is 0 Å². The van der Waals surface area contributed by atoms with Crippen molar-refractivity contribution in [1.29, 1.82) is 0 Å². The van der Waals surface area contributed by atoms with E-state index in [2.05, 4.69) is 25.8 Å². The Bertz CT molecular complexity index is 1550. The average molecular weight is 505 g/mol. The second-order valence-corrected chi connectivity index (χ2v) is 10.6. The predicted octanol–water partition coefficient (Wildman–Crippen LogP) is 3.63. The van der Waals surface area contributed by atoms with Gasteiger partial charge in [0.15, 0.2) is 4.80 Å². The van der Waals surface area contributed by atoms with Crippen molar-refractivity contribution in [3.63, 3.8) is 0 Å². The van der Waals surface area contributed by atoms with Crippen LogP contribution in [0.4, 0.5) is 0 Å². The van der Waals surface area contributed by atoms with E-state index in [9.17, 15) is 14.4 Å². The molecule has 1 aromatic heterocycles. The Morgan fingerprint density at radius 2 is 1.75 bits per heavy atom. The fraction of sp³-hybridized carbons (Fsp3) is 0.286. The number of hydrogen-bond acceptors (Lipinski definition) is 7. The lowest BCUT2D eigenvalue weighted by molar-refractivity contribution is -0.136. The van der Waals surface area contributed by atoms with Crippen LogP contribution in [0.15, 0.2) is 69.6 Å². The zero-order chi connectivity index (χ0) is 26.2. The number of ether oxygens (including phenoxy) is 2. The Balaban J connectivity index is 1.93. The largest absolute Gasteiger partial charge is 0.466 e. The lowest BCUT2D eigenvalue weighted by atomic mass is 9.85. The molecular formula is C28H28N2O5S. The van der Waals surface area contributed by atoms with Gasteiger partial charge in [-0.25, -0.2) is 9.79 Å². The summed E-state index contributed by atoms with van der Waals surface area (Å²) in [5.74, 6) is -0.624. The van der Waals surface area contributed by atoms with Crippen molar-refractivity contribution in [2.45, 2.75) is 46.1 Å². The second kappa shape index (κ2) is 9.70. The first-order valence-electron chi connectivity index (χ1n) is 11.5. The lowest BCUT2D eigenvalue weighted by Crippen LogP contribution is -2.39. The third-order valence-electron chi connectivity index (χ3n) is 5.98. The molecule has 1 aliphatic rings. The third kappa shape index (κ3) is 4.81. The monoisotopic (exact) mass is 504 g/mol. The number of nitrogens with zero attached hydrogens (tertiary/aromatic N) is 2. The predicted molar refractivity (Wildman–Crippen MR) is 139 cm³/mol. The van der Waals surface area contributed by atoms with Crippen molar-refractivity contribution < 1.29 is 19.1 Å². The van der Waals surface area contributed by atoms with E-state index in [0.29, 0.717) is 31.9 Å². The van der Waals surface area contributed by atoms with Crippen molar-refractivity contribution >= 4 is 29.4 Å². The molecule has 1 atom stereocenters. The molecule has 2 aromatic carbocycles. The van der Waals surface area contributed by atoms with Crippen molar-refractivity contribution in [2.24, 2.45) is 4.99 Å². The molecule has 2 heterocycles. The number of allylic oxidation sites excluding steroid dienone is 1. The van der Waals surface area contributed by atoms with Crippen LogP contribution < -0.4 is 19.6 Å². The Kier molecular flexibility index (Phi) is 6.82. The van der Waals surface area contributed by atoms with Crippen LogP contribution >= 0.6 is 11.3 Å². The maximum absolute atomic E-state index is 13.7. The number of aromatic nitrogens is 1. The van der Waals surface area contributed by atoms with E-state index in [4.69, 9.17) is 9.47 Å². The van der Waals surface area contributed by atoms with Crippen LogP contribution in [0.2, 0.25) is 0 Å². The summed E-state index contributed by atoms with van der Waals surface area (Å²) in [7, 11) is 1.32. The highest BCUT2D eigenvalue weighted by Gasteiger charge is 2.33. The highest BCUT2D eigenvalue weighted by Crippen LogP contribution is 2.32. The van der Waals surface area contributed by atoms with Gasteiger partial charge in [0.1, 0.15) is 5.75 Å². The van der Waals surface area contributed by atoms with E-state index in [1.165, 1.54) is 29.9 Å². The molecule has 8 heteroatoms. The van der Waals surface area contributed by atoms with Crippen molar-refractivity contribution in [3.8, 4) is 5.75 Å². The molecule has 0 fully saturated rings. The van der Waals surface area contributed by atoms with Crippen LogP contribution in [-0.2, 0) is 19.7 Å². The van der Waals surface area contributed by atoms with Gasteiger partial charge in [-0.3, -0.25) is 14.2 Å². The van der Waals surface area contributed by atoms with Gasteiger partial charge in [0, 0.05) is 12.5 Å². The first-order chi connectivity index (χ1) is 17.0. The van der Waals surface area contributed by atoms with E-state index in [0.717, 1.165) is 11.1 Å². The van der Waals surface area contributed by atoms with E-state index in [1.807, 2.05) is 24.3 Å². The molecule has 0 spiro atoms. The SMILES string of the molecule is COC(=O)C1=C(C)N=c2s/c(=C/c3ccccc3OC(C)=O)c(=O)n2[C@@H]1c1ccc(C(C)(C)C)cc1. The van der Waals surface area contributed by atoms with Gasteiger partial charge in [0.2, 0.25) is 0 Å². The fourth-order valence-electron chi connectivity index (χ4n) is 4.16. The van der Waals surface area contributed by atoms with Crippen LogP contribution in [0.25, 0.3) is 6.08 Å². The molecule has 0 amide bonds. The summed E-state index contributed by atoms with van der Waals surface area (Å²) < 4.78 is 12.3. The minimum Gasteiger partial charge on any atom is -0.466 e. The van der Waals surface area contributed by atoms with Crippen molar-refractivity contribution in [1.82, 2.24) is 4.57 Å². The number of benzene rings is 2. The molecule has 0 saturated heterocycles. The van der Waals surface area contributed by atoms with E-state index < -0.39 is 18.0 Å². The maximum atomic E-state index is 13.7. The summed E-state index contributed by atoms with van der Waals surface area (Å²) in [4.78, 5) is 43.2. The Morgan fingerprint density at radius 3 is 2.36 bits per heavy atom. The van der Waals surface area contributed by atoms with Crippen molar-refractivity contribution in [3.05, 3.63) is 96.2 Å². The minimum absolute atomic E-state index is 0.0425. The fourth-order valence-corrected chi connectivity index (χ4v) is 5.20. The molecule has 0 saturated carbocycles. The van der Waals surface area contributed by atoms with Gasteiger partial charge in [0.05, 0.1) is 29.0 Å². The molecule has 0 N–H and O–H groups in total. The van der Waals surface area contributed by atoms with E-state index in [-0.39, 0.29) is 11.0 Å². The summed E-state index contributed by atoms with van der Waals surface area (Å²) in [6.45, 7) is 9.45. The van der Waals surface area contributed by atoms with Gasteiger partial charge in [-0.15, -0.1) is 0 Å². The smallest absolute Gasteiger partial charge is 0.338 e. The van der Waals surface area contributed by atoms with Crippen LogP contribution in [0, 0.1) is 0 Å². The number of methoxy groups -OCH3 is 1. The highest BCUT2D eigenvalue weighted by atomic mass is 32.1. The number of para-hydroxylation sites is 1. The van der Waals surface area contributed by atoms with Gasteiger partial charge in [-0.05, 0) is 35.6 Å². The highest BCUT2D eigenvalue weighted by molar-refractivity contribution is 7.07. The van der Waals surface area contributed by atoms with E-state index in [1.54, 1.807) is 37.3 Å². The van der Waals surface area contributed by atoms with Gasteiger partial charge in [-0.1, -0.05) is 74.6 Å². The Labute approximate surface area is 213 Å². The number of carbonyl (C=O) groups is 2. The van der Waals surface area contributed by atoms with Crippen molar-refractivity contribution in [2.75, 3.05) is 7.11 Å². The number of esters is 2. The number of thiazole rings is 1. The number of carbonyl (C=O) groups excluding carboxylic acids is 2. The third-order valence-corrected chi connectivity index (χ3v) is 6.96. The quantitative estimate of drug-likeness (QED) is 0.400. The standard InChI is InChI=1S/C28H28N2O5S/c1-16-23(26(33)34-6)24(18-11-13-20(14-12-18)28(3,4)5)30-25(32)22(36-27(30)29-16)15-19-9-7-8-10-21(19)35-17(2)31/h7-15,24H,1-6H3/b22-15+/t24-/m1/s1. The Morgan fingerprint density at radius 1 is 1.08 bits per heavy atom.